The lowest BCUT2D eigenvalue weighted by atomic mass is 10.0. The normalized spacial score (nSPS) is 18.9. The Labute approximate surface area is 185 Å². The summed E-state index contributed by atoms with van der Waals surface area (Å²) >= 11 is 0. The van der Waals surface area contributed by atoms with E-state index in [0.29, 0.717) is 18.6 Å². The molecular weight excluding hydrogens is 388 g/mol. The van der Waals surface area contributed by atoms with Crippen LogP contribution < -0.4 is 10.1 Å². The van der Waals surface area contributed by atoms with Gasteiger partial charge >= 0.3 is 0 Å². The number of nitrogens with one attached hydrogen (secondary N) is 1. The van der Waals surface area contributed by atoms with Crippen LogP contribution in [0.15, 0.2) is 24.3 Å². The van der Waals surface area contributed by atoms with Crippen molar-refractivity contribution in [2.45, 2.75) is 45.6 Å². The summed E-state index contributed by atoms with van der Waals surface area (Å²) in [6, 6.07) is 8.52. The summed E-state index contributed by atoms with van der Waals surface area (Å²) < 4.78 is 11.3. The molecule has 1 aromatic heterocycles. The Morgan fingerprint density at radius 3 is 2.81 bits per heavy atom. The zero-order valence-corrected chi connectivity index (χ0v) is 18.8. The van der Waals surface area contributed by atoms with Gasteiger partial charge in [-0.25, -0.2) is 0 Å². The number of anilines is 1. The van der Waals surface area contributed by atoms with E-state index in [9.17, 15) is 0 Å². The number of likely N-dealkylation sites (tertiary alicyclic amines) is 1. The van der Waals surface area contributed by atoms with Gasteiger partial charge in [0.15, 0.2) is 6.79 Å². The summed E-state index contributed by atoms with van der Waals surface area (Å²) in [5.74, 6) is 8.69. The number of likely N-dealkylation sites (N-methyl/N-ethyl adjacent to an activating group) is 1. The lowest BCUT2D eigenvalue weighted by Crippen LogP contribution is -2.39. The second-order valence-corrected chi connectivity index (χ2v) is 8.52. The molecule has 4 rings (SSSR count). The molecule has 1 saturated carbocycles. The molecule has 6 heteroatoms. The van der Waals surface area contributed by atoms with Crippen LogP contribution >= 0.6 is 0 Å². The largest absolute Gasteiger partial charge is 0.467 e. The molecule has 31 heavy (non-hydrogen) atoms. The van der Waals surface area contributed by atoms with E-state index >= 15 is 0 Å². The lowest BCUT2D eigenvalue weighted by Gasteiger charge is -2.30. The smallest absolute Gasteiger partial charge is 0.189 e. The van der Waals surface area contributed by atoms with Gasteiger partial charge in [-0.05, 0) is 83.0 Å². The molecule has 0 amide bonds. The highest BCUT2D eigenvalue weighted by molar-refractivity contribution is 5.71. The topological polar surface area (TPSA) is 59.5 Å². The molecule has 6 nitrogen and oxygen atoms in total. The Balaban J connectivity index is 1.55. The predicted molar refractivity (Wildman–Crippen MR) is 123 cm³/mol. The van der Waals surface area contributed by atoms with Gasteiger partial charge in [0.2, 0.25) is 0 Å². The fourth-order valence-electron chi connectivity index (χ4n) is 3.83. The third kappa shape index (κ3) is 5.96. The van der Waals surface area contributed by atoms with E-state index in [1.54, 1.807) is 0 Å². The lowest BCUT2D eigenvalue weighted by molar-refractivity contribution is 0.0227. The average molecular weight is 421 g/mol. The van der Waals surface area contributed by atoms with Gasteiger partial charge in [0, 0.05) is 36.2 Å². The SMILES string of the molecule is CCOCOc1cc(C#CC2CC2)ccc1-c1nnc(N[C@@H]2CCCN(C)C2)cc1C. The molecule has 1 aliphatic heterocycles. The third-order valence-electron chi connectivity index (χ3n) is 5.70. The minimum absolute atomic E-state index is 0.199. The van der Waals surface area contributed by atoms with E-state index in [1.807, 2.05) is 25.1 Å². The summed E-state index contributed by atoms with van der Waals surface area (Å²) in [6.07, 6.45) is 4.79. The van der Waals surface area contributed by atoms with Crippen LogP contribution in [0.25, 0.3) is 11.3 Å². The second kappa shape index (κ2) is 10.1. The van der Waals surface area contributed by atoms with Crippen LogP contribution in [0, 0.1) is 24.7 Å². The first kappa shape index (κ1) is 21.6. The van der Waals surface area contributed by atoms with Crippen molar-refractivity contribution in [1.29, 1.82) is 0 Å². The summed E-state index contributed by atoms with van der Waals surface area (Å²) in [4.78, 5) is 2.35. The first-order chi connectivity index (χ1) is 15.1. The number of ether oxygens (including phenoxy) is 2. The maximum Gasteiger partial charge on any atom is 0.189 e. The average Bonchev–Trinajstić information content (AvgIpc) is 3.58. The Bertz CT molecular complexity index is 962. The van der Waals surface area contributed by atoms with Crippen LogP contribution in [0.2, 0.25) is 0 Å². The van der Waals surface area contributed by atoms with Gasteiger partial charge in [-0.15, -0.1) is 10.2 Å². The number of aryl methyl sites for hydroxylation is 1. The van der Waals surface area contributed by atoms with E-state index in [-0.39, 0.29) is 6.79 Å². The molecule has 0 unspecified atom stereocenters. The number of rotatable bonds is 7. The molecule has 1 aromatic carbocycles. The molecule has 0 radical (unpaired) electrons. The van der Waals surface area contributed by atoms with Gasteiger partial charge in [-0.2, -0.15) is 0 Å². The van der Waals surface area contributed by atoms with Crippen molar-refractivity contribution < 1.29 is 9.47 Å². The molecule has 0 bridgehead atoms. The van der Waals surface area contributed by atoms with E-state index in [2.05, 4.69) is 52.3 Å². The fraction of sp³-hybridized carbons (Fsp3) is 0.520. The first-order valence-electron chi connectivity index (χ1n) is 11.3. The van der Waals surface area contributed by atoms with Crippen LogP contribution in [-0.2, 0) is 4.74 Å². The third-order valence-corrected chi connectivity index (χ3v) is 5.70. The van der Waals surface area contributed by atoms with Gasteiger partial charge in [-0.3, -0.25) is 0 Å². The van der Waals surface area contributed by atoms with E-state index in [1.165, 1.54) is 19.3 Å². The zero-order valence-electron chi connectivity index (χ0n) is 18.8. The van der Waals surface area contributed by atoms with E-state index < -0.39 is 0 Å². The van der Waals surface area contributed by atoms with Crippen molar-refractivity contribution in [2.75, 3.05) is 38.9 Å². The summed E-state index contributed by atoms with van der Waals surface area (Å²) in [7, 11) is 2.16. The van der Waals surface area contributed by atoms with E-state index in [0.717, 1.165) is 53.5 Å². The van der Waals surface area contributed by atoms with Crippen LogP contribution in [0.4, 0.5) is 5.82 Å². The minimum atomic E-state index is 0.199. The zero-order chi connectivity index (χ0) is 21.6. The quantitative estimate of drug-likeness (QED) is 0.414. The van der Waals surface area contributed by atoms with Gasteiger partial charge < -0.3 is 19.7 Å². The Hall–Kier alpha value is -2.62. The molecule has 1 N–H and O–H groups in total. The second-order valence-electron chi connectivity index (χ2n) is 8.52. The van der Waals surface area contributed by atoms with E-state index in [4.69, 9.17) is 9.47 Å². The van der Waals surface area contributed by atoms with Gasteiger partial charge in [-0.1, -0.05) is 11.8 Å². The van der Waals surface area contributed by atoms with Gasteiger partial charge in [0.05, 0.1) is 5.69 Å². The number of hydrogen-bond acceptors (Lipinski definition) is 6. The first-order valence-corrected chi connectivity index (χ1v) is 11.3. The van der Waals surface area contributed by atoms with Crippen LogP contribution in [0.1, 0.15) is 43.7 Å². The molecule has 164 valence electrons. The summed E-state index contributed by atoms with van der Waals surface area (Å²) in [5, 5.41) is 12.6. The molecule has 1 aliphatic carbocycles. The van der Waals surface area contributed by atoms with Gasteiger partial charge in [0.25, 0.3) is 0 Å². The molecule has 0 spiro atoms. The maximum atomic E-state index is 5.93. The van der Waals surface area contributed by atoms with Crippen molar-refractivity contribution in [1.82, 2.24) is 15.1 Å². The Morgan fingerprint density at radius 1 is 1.19 bits per heavy atom. The number of nitrogens with zero attached hydrogens (tertiary/aromatic N) is 3. The fourth-order valence-corrected chi connectivity index (χ4v) is 3.83. The van der Waals surface area contributed by atoms with Crippen molar-refractivity contribution in [3.05, 3.63) is 35.4 Å². The number of hydrogen-bond donors (Lipinski definition) is 1. The monoisotopic (exact) mass is 420 g/mol. The Kier molecular flexibility index (Phi) is 7.06. The Morgan fingerprint density at radius 2 is 2.06 bits per heavy atom. The molecule has 1 saturated heterocycles. The van der Waals surface area contributed by atoms with Crippen molar-refractivity contribution in [2.24, 2.45) is 5.92 Å². The van der Waals surface area contributed by atoms with Crippen LogP contribution in [0.3, 0.4) is 0 Å². The highest BCUT2D eigenvalue weighted by atomic mass is 16.7. The number of benzene rings is 1. The molecule has 1 atom stereocenters. The maximum absolute atomic E-state index is 5.93. The highest BCUT2D eigenvalue weighted by Crippen LogP contribution is 2.33. The summed E-state index contributed by atoms with van der Waals surface area (Å²) in [5.41, 5.74) is 3.73. The number of piperidine rings is 1. The molecule has 2 aliphatic rings. The number of aromatic nitrogens is 2. The van der Waals surface area contributed by atoms with Crippen LogP contribution in [0.5, 0.6) is 5.75 Å². The highest BCUT2D eigenvalue weighted by Gasteiger charge is 2.19. The molecule has 2 heterocycles. The van der Waals surface area contributed by atoms with Crippen molar-refractivity contribution in [3.63, 3.8) is 0 Å². The molecule has 2 fully saturated rings. The van der Waals surface area contributed by atoms with Crippen LogP contribution in [-0.4, -0.2) is 54.7 Å². The summed E-state index contributed by atoms with van der Waals surface area (Å²) in [6.45, 7) is 7.01. The van der Waals surface area contributed by atoms with Gasteiger partial charge in [0.1, 0.15) is 11.6 Å². The van der Waals surface area contributed by atoms with Crippen molar-refractivity contribution >= 4 is 5.82 Å². The van der Waals surface area contributed by atoms with Crippen molar-refractivity contribution in [3.8, 4) is 28.8 Å². The molecule has 2 aromatic rings. The predicted octanol–water partition coefficient (Wildman–Crippen LogP) is 4.09. The standard InChI is InChI=1S/C25H32N4O2/c1-4-30-17-31-23-15-20(10-9-19-7-8-19)11-12-22(23)25-18(2)14-24(27-28-25)26-21-6-5-13-29(3)16-21/h11-12,14-15,19,21H,4-8,13,16-17H2,1-3H3,(H,26,27)/t21-/m1/s1. The minimum Gasteiger partial charge on any atom is -0.467 e. The molecular formula is C25H32N4O2.